The SMILES string of the molecule is C=CCN(CC=C)C(=O)CN1CCN(C(=O)c2ncn[nH]2)CC1. The molecule has 0 spiro atoms. The topological polar surface area (TPSA) is 85.4 Å². The molecule has 23 heavy (non-hydrogen) atoms. The molecule has 1 aromatic heterocycles. The molecule has 0 aromatic carbocycles. The summed E-state index contributed by atoms with van der Waals surface area (Å²) < 4.78 is 0. The van der Waals surface area contributed by atoms with Gasteiger partial charge in [0.1, 0.15) is 6.33 Å². The van der Waals surface area contributed by atoms with Crippen LogP contribution in [0.3, 0.4) is 0 Å². The zero-order valence-electron chi connectivity index (χ0n) is 13.1. The van der Waals surface area contributed by atoms with Crippen LogP contribution in [0.4, 0.5) is 0 Å². The molecule has 8 nitrogen and oxygen atoms in total. The summed E-state index contributed by atoms with van der Waals surface area (Å²) in [6.45, 7) is 11.1. The number of hydrogen-bond acceptors (Lipinski definition) is 5. The fourth-order valence-corrected chi connectivity index (χ4v) is 2.45. The van der Waals surface area contributed by atoms with Gasteiger partial charge < -0.3 is 9.80 Å². The zero-order valence-corrected chi connectivity index (χ0v) is 13.1. The molecule has 8 heteroatoms. The first-order valence-electron chi connectivity index (χ1n) is 7.52. The van der Waals surface area contributed by atoms with Crippen LogP contribution in [0.15, 0.2) is 31.6 Å². The van der Waals surface area contributed by atoms with Crippen molar-refractivity contribution in [1.29, 1.82) is 0 Å². The molecule has 2 heterocycles. The van der Waals surface area contributed by atoms with Crippen molar-refractivity contribution >= 4 is 11.8 Å². The van der Waals surface area contributed by atoms with E-state index in [0.717, 1.165) is 0 Å². The highest BCUT2D eigenvalue weighted by Gasteiger charge is 2.25. The fraction of sp³-hybridized carbons (Fsp3) is 0.467. The van der Waals surface area contributed by atoms with Gasteiger partial charge in [-0.05, 0) is 0 Å². The molecule has 2 amide bonds. The molecule has 1 saturated heterocycles. The van der Waals surface area contributed by atoms with Crippen molar-refractivity contribution in [3.8, 4) is 0 Å². The highest BCUT2D eigenvalue weighted by Crippen LogP contribution is 2.06. The number of hydrogen-bond donors (Lipinski definition) is 1. The lowest BCUT2D eigenvalue weighted by Gasteiger charge is -2.34. The molecule has 0 radical (unpaired) electrons. The smallest absolute Gasteiger partial charge is 0.291 e. The maximum absolute atomic E-state index is 12.3. The lowest BCUT2D eigenvalue weighted by molar-refractivity contribution is -0.131. The summed E-state index contributed by atoms with van der Waals surface area (Å²) in [7, 11) is 0. The van der Waals surface area contributed by atoms with Crippen molar-refractivity contribution in [3.63, 3.8) is 0 Å². The third kappa shape index (κ3) is 4.49. The van der Waals surface area contributed by atoms with Crippen molar-refractivity contribution in [2.24, 2.45) is 0 Å². The van der Waals surface area contributed by atoms with E-state index in [1.165, 1.54) is 6.33 Å². The Balaban J connectivity index is 1.82. The summed E-state index contributed by atoms with van der Waals surface area (Å²) in [4.78, 5) is 33.8. The number of H-pyrrole nitrogens is 1. The van der Waals surface area contributed by atoms with Gasteiger partial charge in [-0.15, -0.1) is 13.2 Å². The van der Waals surface area contributed by atoms with Gasteiger partial charge in [-0.3, -0.25) is 19.6 Å². The van der Waals surface area contributed by atoms with Crippen LogP contribution < -0.4 is 0 Å². The van der Waals surface area contributed by atoms with Gasteiger partial charge in [0.2, 0.25) is 11.7 Å². The highest BCUT2D eigenvalue weighted by molar-refractivity contribution is 5.90. The minimum Gasteiger partial charge on any atom is -0.334 e. The molecule has 0 atom stereocenters. The van der Waals surface area contributed by atoms with Gasteiger partial charge in [-0.25, -0.2) is 4.98 Å². The van der Waals surface area contributed by atoms with Gasteiger partial charge in [0, 0.05) is 39.3 Å². The minimum atomic E-state index is -0.159. The Morgan fingerprint density at radius 1 is 1.22 bits per heavy atom. The normalized spacial score (nSPS) is 15.2. The van der Waals surface area contributed by atoms with Crippen LogP contribution in [0, 0.1) is 0 Å². The van der Waals surface area contributed by atoms with E-state index in [0.29, 0.717) is 45.8 Å². The van der Waals surface area contributed by atoms with E-state index < -0.39 is 0 Å². The van der Waals surface area contributed by atoms with Crippen LogP contribution in [0.1, 0.15) is 10.6 Å². The predicted molar refractivity (Wildman–Crippen MR) is 85.7 cm³/mol. The molecule has 1 aliphatic rings. The van der Waals surface area contributed by atoms with Crippen molar-refractivity contribution in [2.75, 3.05) is 45.8 Å². The zero-order chi connectivity index (χ0) is 16.7. The summed E-state index contributed by atoms with van der Waals surface area (Å²) in [5, 5.41) is 6.26. The standard InChI is InChI=1S/C15H22N6O2/c1-3-5-20(6-4-2)13(22)11-19-7-9-21(10-8-19)15(23)14-16-12-17-18-14/h3-4,12H,1-2,5-11H2,(H,16,17,18). The number of carbonyl (C=O) groups is 2. The number of nitrogens with zero attached hydrogens (tertiary/aromatic N) is 5. The molecule has 2 rings (SSSR count). The maximum atomic E-state index is 12.3. The number of aromatic amines is 1. The summed E-state index contributed by atoms with van der Waals surface area (Å²) in [6.07, 6.45) is 4.72. The second kappa shape index (κ2) is 8.23. The van der Waals surface area contributed by atoms with Crippen LogP contribution in [0.2, 0.25) is 0 Å². The Morgan fingerprint density at radius 3 is 2.39 bits per heavy atom. The Bertz CT molecular complexity index is 538. The van der Waals surface area contributed by atoms with Crippen LogP contribution in [0.5, 0.6) is 0 Å². The Hall–Kier alpha value is -2.48. The van der Waals surface area contributed by atoms with Crippen LogP contribution in [-0.4, -0.2) is 87.5 Å². The average molecular weight is 318 g/mol. The third-order valence-corrected chi connectivity index (χ3v) is 3.69. The van der Waals surface area contributed by atoms with Crippen LogP contribution >= 0.6 is 0 Å². The molecule has 1 fully saturated rings. The number of aromatic nitrogens is 3. The number of piperazine rings is 1. The lowest BCUT2D eigenvalue weighted by atomic mass is 10.3. The largest absolute Gasteiger partial charge is 0.334 e. The monoisotopic (exact) mass is 318 g/mol. The molecule has 1 aromatic rings. The molecular formula is C15H22N6O2. The number of carbonyl (C=O) groups excluding carboxylic acids is 2. The minimum absolute atomic E-state index is 0.0415. The van der Waals surface area contributed by atoms with E-state index in [1.54, 1.807) is 22.0 Å². The van der Waals surface area contributed by atoms with Gasteiger partial charge in [0.25, 0.3) is 5.91 Å². The quantitative estimate of drug-likeness (QED) is 0.702. The van der Waals surface area contributed by atoms with Crippen molar-refractivity contribution < 1.29 is 9.59 Å². The number of nitrogens with one attached hydrogen (secondary N) is 1. The van der Waals surface area contributed by atoms with Crippen LogP contribution in [-0.2, 0) is 4.79 Å². The Morgan fingerprint density at radius 2 is 1.87 bits per heavy atom. The second-order valence-electron chi connectivity index (χ2n) is 5.28. The molecule has 0 bridgehead atoms. The fourth-order valence-electron chi connectivity index (χ4n) is 2.45. The maximum Gasteiger partial charge on any atom is 0.291 e. The third-order valence-electron chi connectivity index (χ3n) is 3.69. The van der Waals surface area contributed by atoms with E-state index in [4.69, 9.17) is 0 Å². The predicted octanol–water partition coefficient (Wildman–Crippen LogP) is -0.237. The summed E-state index contributed by atoms with van der Waals surface area (Å²) in [5.74, 6) is 0.130. The van der Waals surface area contributed by atoms with Gasteiger partial charge in [0.05, 0.1) is 6.54 Å². The highest BCUT2D eigenvalue weighted by atomic mass is 16.2. The summed E-state index contributed by atoms with van der Waals surface area (Å²) >= 11 is 0. The lowest BCUT2D eigenvalue weighted by Crippen LogP contribution is -2.51. The Labute approximate surface area is 135 Å². The molecule has 1 aliphatic heterocycles. The number of amides is 2. The Kier molecular flexibility index (Phi) is 6.04. The molecular weight excluding hydrogens is 296 g/mol. The molecule has 0 unspecified atom stereocenters. The van der Waals surface area contributed by atoms with Gasteiger partial charge >= 0.3 is 0 Å². The van der Waals surface area contributed by atoms with E-state index in [2.05, 4.69) is 28.3 Å². The summed E-state index contributed by atoms with van der Waals surface area (Å²) in [5.41, 5.74) is 0. The average Bonchev–Trinajstić information content (AvgIpc) is 3.09. The molecule has 0 aliphatic carbocycles. The molecule has 124 valence electrons. The van der Waals surface area contributed by atoms with Crippen molar-refractivity contribution in [1.82, 2.24) is 29.9 Å². The van der Waals surface area contributed by atoms with E-state index in [9.17, 15) is 9.59 Å². The van der Waals surface area contributed by atoms with Gasteiger partial charge in [-0.1, -0.05) is 12.2 Å². The first kappa shape index (κ1) is 16.9. The van der Waals surface area contributed by atoms with Gasteiger partial charge in [-0.2, -0.15) is 5.10 Å². The number of rotatable bonds is 7. The summed E-state index contributed by atoms with van der Waals surface area (Å²) in [6, 6.07) is 0. The molecule has 1 N–H and O–H groups in total. The van der Waals surface area contributed by atoms with E-state index >= 15 is 0 Å². The van der Waals surface area contributed by atoms with Gasteiger partial charge in [0.15, 0.2) is 0 Å². The van der Waals surface area contributed by atoms with E-state index in [1.807, 2.05) is 4.90 Å². The first-order valence-corrected chi connectivity index (χ1v) is 7.52. The first-order chi connectivity index (χ1) is 11.2. The molecule has 0 saturated carbocycles. The van der Waals surface area contributed by atoms with E-state index in [-0.39, 0.29) is 17.6 Å². The van der Waals surface area contributed by atoms with Crippen molar-refractivity contribution in [2.45, 2.75) is 0 Å². The van der Waals surface area contributed by atoms with Crippen LogP contribution in [0.25, 0.3) is 0 Å². The van der Waals surface area contributed by atoms with Crippen molar-refractivity contribution in [3.05, 3.63) is 37.5 Å². The second-order valence-corrected chi connectivity index (χ2v) is 5.28.